The highest BCUT2D eigenvalue weighted by atomic mass is 16.3. The lowest BCUT2D eigenvalue weighted by molar-refractivity contribution is -0.181. The van der Waals surface area contributed by atoms with Crippen LogP contribution in [0.15, 0.2) is 36.4 Å². The molecule has 0 spiro atoms. The Labute approximate surface area is 272 Å². The monoisotopic (exact) mass is 644 g/mol. The second kappa shape index (κ2) is 12.4. The maximum atomic E-state index is 14.1. The number of hydrogen-bond donors (Lipinski definition) is 4. The minimum Gasteiger partial charge on any atom is -0.507 e. The molecule has 47 heavy (non-hydrogen) atoms. The van der Waals surface area contributed by atoms with Crippen LogP contribution >= 0.6 is 0 Å². The second-order valence-corrected chi connectivity index (χ2v) is 13.5. The number of phenols is 1. The maximum absolute atomic E-state index is 14.1. The molecule has 1 aliphatic heterocycles. The van der Waals surface area contributed by atoms with E-state index in [0.29, 0.717) is 28.8 Å². The van der Waals surface area contributed by atoms with Crippen LogP contribution in [0.4, 0.5) is 0 Å². The van der Waals surface area contributed by atoms with Crippen molar-refractivity contribution in [1.29, 1.82) is 0 Å². The fourth-order valence-corrected chi connectivity index (χ4v) is 8.32. The number of hydrogen-bond acceptors (Lipinski definition) is 10. The van der Waals surface area contributed by atoms with Gasteiger partial charge in [0.15, 0.2) is 34.7 Å². The number of amides is 2. The quantitative estimate of drug-likeness (QED) is 0.313. The first-order valence-electron chi connectivity index (χ1n) is 16.2. The molecule has 12 heteroatoms. The van der Waals surface area contributed by atoms with Gasteiger partial charge < -0.3 is 26.2 Å². The van der Waals surface area contributed by atoms with Gasteiger partial charge in [-0.25, -0.2) is 0 Å². The SMILES string of the molecule is CN(C)[C@@H]1C(=O)C(C(N)=O)C(=O)[C@@]2(O)C(=O)C3C(=O)c4c(O)ccc(-c5cccc(C(=O)NCCN6CCCCC6)c5)c4C[C@H]3C[C@@H]12. The van der Waals surface area contributed by atoms with Crippen molar-refractivity contribution in [1.82, 2.24) is 15.1 Å². The smallest absolute Gasteiger partial charge is 0.251 e. The lowest BCUT2D eigenvalue weighted by Crippen LogP contribution is -2.74. The average Bonchev–Trinajstić information content (AvgIpc) is 3.03. The number of nitrogens with two attached hydrogens (primary N) is 1. The highest BCUT2D eigenvalue weighted by Crippen LogP contribution is 2.51. The molecular formula is C35H40N4O8. The van der Waals surface area contributed by atoms with E-state index in [1.165, 1.54) is 17.4 Å². The molecule has 5 N–H and O–H groups in total. The van der Waals surface area contributed by atoms with Gasteiger partial charge in [0.1, 0.15) is 5.75 Å². The molecule has 248 valence electrons. The second-order valence-electron chi connectivity index (χ2n) is 13.5. The Bertz CT molecular complexity index is 1680. The first-order valence-corrected chi connectivity index (χ1v) is 16.2. The zero-order valence-corrected chi connectivity index (χ0v) is 26.5. The van der Waals surface area contributed by atoms with Crippen molar-refractivity contribution in [3.63, 3.8) is 0 Å². The third-order valence-corrected chi connectivity index (χ3v) is 10.5. The Morgan fingerprint density at radius 3 is 2.45 bits per heavy atom. The molecule has 3 aliphatic carbocycles. The van der Waals surface area contributed by atoms with Crippen molar-refractivity contribution in [3.05, 3.63) is 53.1 Å². The van der Waals surface area contributed by atoms with Gasteiger partial charge in [0.25, 0.3) is 5.91 Å². The largest absolute Gasteiger partial charge is 0.507 e. The van der Waals surface area contributed by atoms with Crippen molar-refractivity contribution in [3.8, 4) is 16.9 Å². The Kier molecular flexibility index (Phi) is 8.62. The summed E-state index contributed by atoms with van der Waals surface area (Å²) in [7, 11) is 3.09. The van der Waals surface area contributed by atoms with Crippen LogP contribution in [0.5, 0.6) is 5.75 Å². The third-order valence-electron chi connectivity index (χ3n) is 10.5. The Hall–Kier alpha value is -4.26. The topological polar surface area (TPSA) is 187 Å². The van der Waals surface area contributed by atoms with E-state index < -0.39 is 64.4 Å². The number of nitrogens with one attached hydrogen (secondary N) is 1. The zero-order valence-electron chi connectivity index (χ0n) is 26.5. The van der Waals surface area contributed by atoms with E-state index in [0.717, 1.165) is 32.5 Å². The lowest BCUT2D eigenvalue weighted by atomic mass is 9.52. The number of nitrogens with zero attached hydrogens (tertiary/aromatic N) is 2. The van der Waals surface area contributed by atoms with Gasteiger partial charge >= 0.3 is 0 Å². The van der Waals surface area contributed by atoms with Crippen LogP contribution < -0.4 is 11.1 Å². The number of phenolic OH excluding ortho intramolecular Hbond substituents is 1. The van der Waals surface area contributed by atoms with Crippen LogP contribution in [0, 0.1) is 23.7 Å². The third kappa shape index (κ3) is 5.38. The minimum atomic E-state index is -2.78. The molecule has 1 saturated heterocycles. The first-order chi connectivity index (χ1) is 22.4. The number of carbonyl (C=O) groups excluding carboxylic acids is 6. The van der Waals surface area contributed by atoms with Gasteiger partial charge in [-0.3, -0.25) is 33.7 Å². The molecule has 4 aliphatic rings. The van der Waals surface area contributed by atoms with Gasteiger partial charge in [0, 0.05) is 24.6 Å². The van der Waals surface area contributed by atoms with Gasteiger partial charge in [-0.15, -0.1) is 0 Å². The number of aliphatic hydroxyl groups is 1. The lowest BCUT2D eigenvalue weighted by Gasteiger charge is -2.52. The predicted molar refractivity (Wildman–Crippen MR) is 169 cm³/mol. The Morgan fingerprint density at radius 2 is 1.77 bits per heavy atom. The van der Waals surface area contributed by atoms with Gasteiger partial charge in [-0.2, -0.15) is 0 Å². The summed E-state index contributed by atoms with van der Waals surface area (Å²) < 4.78 is 0. The average molecular weight is 645 g/mol. The number of rotatable bonds is 7. The molecule has 0 radical (unpaired) electrons. The van der Waals surface area contributed by atoms with Crippen LogP contribution in [0.2, 0.25) is 0 Å². The molecule has 2 aromatic carbocycles. The van der Waals surface area contributed by atoms with Crippen molar-refractivity contribution in [2.75, 3.05) is 40.3 Å². The molecule has 2 saturated carbocycles. The number of likely N-dealkylation sites (N-methyl/N-ethyl adjacent to an activating group) is 1. The summed E-state index contributed by atoms with van der Waals surface area (Å²) in [6, 6.07) is 8.78. The van der Waals surface area contributed by atoms with E-state index in [-0.39, 0.29) is 30.1 Å². The summed E-state index contributed by atoms with van der Waals surface area (Å²) in [4.78, 5) is 84.0. The predicted octanol–water partition coefficient (Wildman–Crippen LogP) is 0.750. The molecular weight excluding hydrogens is 604 g/mol. The van der Waals surface area contributed by atoms with Crippen LogP contribution in [-0.2, 0) is 25.6 Å². The summed E-state index contributed by atoms with van der Waals surface area (Å²) in [6.45, 7) is 3.33. The summed E-state index contributed by atoms with van der Waals surface area (Å²) >= 11 is 0. The van der Waals surface area contributed by atoms with E-state index >= 15 is 0 Å². The minimum absolute atomic E-state index is 0.0432. The Morgan fingerprint density at radius 1 is 1.04 bits per heavy atom. The summed E-state index contributed by atoms with van der Waals surface area (Å²) in [5, 5.41) is 25.6. The number of carbonyl (C=O) groups is 6. The highest BCUT2D eigenvalue weighted by molar-refractivity contribution is 6.32. The van der Waals surface area contributed by atoms with Crippen LogP contribution in [-0.4, -0.2) is 107 Å². The molecule has 6 atom stereocenters. The summed E-state index contributed by atoms with van der Waals surface area (Å²) in [5.41, 5.74) is 4.64. The van der Waals surface area contributed by atoms with Gasteiger partial charge in [0.2, 0.25) is 5.91 Å². The van der Waals surface area contributed by atoms with Crippen LogP contribution in [0.3, 0.4) is 0 Å². The van der Waals surface area contributed by atoms with E-state index in [9.17, 15) is 39.0 Å². The van der Waals surface area contributed by atoms with Gasteiger partial charge in [0.05, 0.1) is 17.5 Å². The van der Waals surface area contributed by atoms with Crippen molar-refractivity contribution < 1.29 is 39.0 Å². The Balaban J connectivity index is 1.32. The number of likely N-dealkylation sites (tertiary alicyclic amines) is 1. The first kappa shape index (κ1) is 32.7. The molecule has 1 heterocycles. The van der Waals surface area contributed by atoms with E-state index in [2.05, 4.69) is 10.2 Å². The fourth-order valence-electron chi connectivity index (χ4n) is 8.32. The number of fused-ring (bicyclic) bond motifs is 3. The molecule has 0 bridgehead atoms. The van der Waals surface area contributed by atoms with Crippen molar-refractivity contribution in [2.45, 2.75) is 43.7 Å². The molecule has 2 unspecified atom stereocenters. The molecule has 3 fully saturated rings. The molecule has 12 nitrogen and oxygen atoms in total. The van der Waals surface area contributed by atoms with E-state index in [1.807, 2.05) is 0 Å². The van der Waals surface area contributed by atoms with Crippen LogP contribution in [0.25, 0.3) is 11.1 Å². The number of Topliss-reactive ketones (excluding diaryl/α,β-unsaturated/α-hetero) is 4. The van der Waals surface area contributed by atoms with Gasteiger partial charge in [-0.1, -0.05) is 24.6 Å². The molecule has 2 aromatic rings. The highest BCUT2D eigenvalue weighted by Gasteiger charge is 2.69. The maximum Gasteiger partial charge on any atom is 0.251 e. The number of piperidine rings is 1. The molecule has 0 aromatic heterocycles. The van der Waals surface area contributed by atoms with Crippen LogP contribution in [0.1, 0.15) is 52.0 Å². The summed E-state index contributed by atoms with van der Waals surface area (Å²) in [6.07, 6.45) is 3.64. The molecule has 6 rings (SSSR count). The number of benzene rings is 2. The summed E-state index contributed by atoms with van der Waals surface area (Å²) in [5.74, 6) is -11.2. The number of ketones is 4. The van der Waals surface area contributed by atoms with E-state index in [1.54, 1.807) is 44.4 Å². The zero-order chi connectivity index (χ0) is 33.8. The van der Waals surface area contributed by atoms with Crippen molar-refractivity contribution in [2.24, 2.45) is 29.4 Å². The molecule has 2 amide bonds. The normalized spacial score (nSPS) is 29.2. The number of primary amides is 1. The van der Waals surface area contributed by atoms with E-state index in [4.69, 9.17) is 5.73 Å². The van der Waals surface area contributed by atoms with Crippen molar-refractivity contribution >= 4 is 34.9 Å². The number of aromatic hydroxyl groups is 1. The standard InChI is InChI=1S/C35H40N4O8/c1-38(2)28-23-17-20-16-22-21(18-7-6-8-19(15-18)34(46)37-11-14-39-12-4-3-5-13-39)9-10-24(40)26(22)29(41)25(20)31(43)35(23,47)32(44)27(30(28)42)33(36)45/h6-10,15,20,23,25,27-28,40,47H,3-5,11-14,16-17H2,1-2H3,(H2,36,45)(H,37,46)/t20-,23-,25?,27?,28-,35-/m0/s1. The fraction of sp³-hybridized carbons (Fsp3) is 0.486. The van der Waals surface area contributed by atoms with Gasteiger partial charge in [-0.05, 0) is 93.7 Å².